The molecule has 15 heavy (non-hydrogen) atoms. The third kappa shape index (κ3) is 3.26. The highest BCUT2D eigenvalue weighted by Gasteiger charge is 2.00. The Morgan fingerprint density at radius 1 is 1.33 bits per heavy atom. The van der Waals surface area contributed by atoms with Gasteiger partial charge in [-0.25, -0.2) is 4.99 Å². The number of hydrogen-bond donors (Lipinski definition) is 1. The molecule has 80 valence electrons. The van der Waals surface area contributed by atoms with Crippen LogP contribution in [0.25, 0.3) is 0 Å². The van der Waals surface area contributed by atoms with Gasteiger partial charge in [-0.1, -0.05) is 29.3 Å². The van der Waals surface area contributed by atoms with E-state index in [0.29, 0.717) is 21.6 Å². The summed E-state index contributed by atoms with van der Waals surface area (Å²) in [6.45, 7) is 3.81. The Balaban J connectivity index is 3.04. The number of nitrogens with zero attached hydrogens (tertiary/aromatic N) is 1. The zero-order valence-corrected chi connectivity index (χ0v) is 10.1. The van der Waals surface area contributed by atoms with Gasteiger partial charge in [-0.2, -0.15) is 0 Å². The van der Waals surface area contributed by atoms with Crippen molar-refractivity contribution >= 4 is 34.7 Å². The maximum Gasteiger partial charge on any atom is 0.126 e. The molecule has 0 heterocycles. The number of nitrogens with two attached hydrogens (primary N) is 1. The number of amidine groups is 1. The largest absolute Gasteiger partial charge is 0.383 e. The van der Waals surface area contributed by atoms with E-state index < -0.39 is 0 Å². The van der Waals surface area contributed by atoms with Crippen LogP contribution in [-0.2, 0) is 0 Å². The highest BCUT2D eigenvalue weighted by Crippen LogP contribution is 2.26. The van der Waals surface area contributed by atoms with Crippen LogP contribution in [0.15, 0.2) is 34.8 Å². The summed E-state index contributed by atoms with van der Waals surface area (Å²) >= 11 is 11.6. The van der Waals surface area contributed by atoms with E-state index in [0.717, 1.165) is 5.57 Å². The van der Waals surface area contributed by atoms with Crippen LogP contribution in [0.4, 0.5) is 5.69 Å². The Kier molecular flexibility index (Phi) is 4.18. The molecule has 0 spiro atoms. The lowest BCUT2D eigenvalue weighted by Gasteiger charge is -2.01. The molecule has 0 bridgehead atoms. The summed E-state index contributed by atoms with van der Waals surface area (Å²) in [6.07, 6.45) is 1.90. The lowest BCUT2D eigenvalue weighted by atomic mass is 10.2. The van der Waals surface area contributed by atoms with E-state index >= 15 is 0 Å². The van der Waals surface area contributed by atoms with Crippen molar-refractivity contribution < 1.29 is 0 Å². The standard InChI is InChI=1S/C11H12Cl2N2/c1-3-7(2)11(14)15-8-4-5-9(12)10(13)6-8/h3-6H,1-2H3,(H2,14,15)/b7-3+. The van der Waals surface area contributed by atoms with E-state index in [4.69, 9.17) is 28.9 Å². The summed E-state index contributed by atoms with van der Waals surface area (Å²) in [7, 11) is 0. The average molecular weight is 243 g/mol. The minimum Gasteiger partial charge on any atom is -0.383 e. The Morgan fingerprint density at radius 3 is 2.53 bits per heavy atom. The average Bonchev–Trinajstić information content (AvgIpc) is 2.22. The summed E-state index contributed by atoms with van der Waals surface area (Å²) in [5, 5.41) is 0.987. The van der Waals surface area contributed by atoms with Crippen molar-refractivity contribution in [2.24, 2.45) is 10.7 Å². The fourth-order valence-electron chi connectivity index (χ4n) is 0.930. The topological polar surface area (TPSA) is 38.4 Å². The SMILES string of the molecule is C/C=C(\C)C(N)=Nc1ccc(Cl)c(Cl)c1. The maximum atomic E-state index is 5.85. The van der Waals surface area contributed by atoms with Gasteiger partial charge in [0.15, 0.2) is 0 Å². The van der Waals surface area contributed by atoms with Gasteiger partial charge in [-0.05, 0) is 37.6 Å². The molecule has 0 amide bonds. The summed E-state index contributed by atoms with van der Waals surface area (Å²) < 4.78 is 0. The predicted octanol–water partition coefficient (Wildman–Crippen LogP) is 3.95. The van der Waals surface area contributed by atoms with Gasteiger partial charge in [0.25, 0.3) is 0 Å². The van der Waals surface area contributed by atoms with Crippen LogP contribution >= 0.6 is 23.2 Å². The zero-order valence-electron chi connectivity index (χ0n) is 8.59. The van der Waals surface area contributed by atoms with Crippen LogP contribution in [0.5, 0.6) is 0 Å². The fraction of sp³-hybridized carbons (Fsp3) is 0.182. The Bertz CT molecular complexity index is 423. The molecule has 0 unspecified atom stereocenters. The van der Waals surface area contributed by atoms with Gasteiger partial charge >= 0.3 is 0 Å². The van der Waals surface area contributed by atoms with Gasteiger partial charge in [0.05, 0.1) is 15.7 Å². The van der Waals surface area contributed by atoms with Crippen molar-refractivity contribution in [2.75, 3.05) is 0 Å². The van der Waals surface area contributed by atoms with E-state index in [2.05, 4.69) is 4.99 Å². The second-order valence-corrected chi connectivity index (χ2v) is 3.88. The first kappa shape index (κ1) is 12.1. The minimum atomic E-state index is 0.476. The van der Waals surface area contributed by atoms with Crippen molar-refractivity contribution in [3.8, 4) is 0 Å². The van der Waals surface area contributed by atoms with E-state index in [-0.39, 0.29) is 0 Å². The molecule has 1 rings (SSSR count). The minimum absolute atomic E-state index is 0.476. The first-order valence-corrected chi connectivity index (χ1v) is 5.22. The van der Waals surface area contributed by atoms with E-state index in [1.165, 1.54) is 0 Å². The Morgan fingerprint density at radius 2 is 2.00 bits per heavy atom. The fourth-order valence-corrected chi connectivity index (χ4v) is 1.22. The molecular weight excluding hydrogens is 231 g/mol. The van der Waals surface area contributed by atoms with Crippen LogP contribution in [-0.4, -0.2) is 5.84 Å². The predicted molar refractivity (Wildman–Crippen MR) is 67.2 cm³/mol. The molecule has 0 aromatic heterocycles. The number of allylic oxidation sites excluding steroid dienone is 1. The number of aliphatic imine (C=N–C) groups is 1. The maximum absolute atomic E-state index is 5.85. The molecule has 0 saturated heterocycles. The van der Waals surface area contributed by atoms with Crippen molar-refractivity contribution in [2.45, 2.75) is 13.8 Å². The van der Waals surface area contributed by atoms with Gasteiger partial charge < -0.3 is 5.73 Å². The zero-order chi connectivity index (χ0) is 11.4. The quantitative estimate of drug-likeness (QED) is 0.619. The molecule has 0 saturated carbocycles. The molecule has 0 aliphatic rings. The summed E-state index contributed by atoms with van der Waals surface area (Å²) in [5.41, 5.74) is 7.38. The van der Waals surface area contributed by atoms with Crippen LogP contribution < -0.4 is 5.73 Å². The molecular formula is C11H12Cl2N2. The van der Waals surface area contributed by atoms with Crippen LogP contribution in [0.1, 0.15) is 13.8 Å². The third-order valence-corrected chi connectivity index (χ3v) is 2.73. The van der Waals surface area contributed by atoms with Gasteiger partial charge in [-0.15, -0.1) is 0 Å². The highest BCUT2D eigenvalue weighted by molar-refractivity contribution is 6.42. The summed E-state index contributed by atoms with van der Waals surface area (Å²) in [5.74, 6) is 0.482. The lowest BCUT2D eigenvalue weighted by Crippen LogP contribution is -2.12. The number of rotatable bonds is 2. The first-order chi connectivity index (χ1) is 7.04. The van der Waals surface area contributed by atoms with Crippen LogP contribution in [0, 0.1) is 0 Å². The number of halogens is 2. The van der Waals surface area contributed by atoms with Crippen molar-refractivity contribution in [1.82, 2.24) is 0 Å². The second kappa shape index (κ2) is 5.19. The molecule has 1 aromatic carbocycles. The molecule has 0 atom stereocenters. The third-order valence-electron chi connectivity index (χ3n) is 1.99. The normalized spacial score (nSPS) is 13.1. The van der Waals surface area contributed by atoms with Crippen molar-refractivity contribution in [3.05, 3.63) is 39.9 Å². The first-order valence-electron chi connectivity index (χ1n) is 4.47. The smallest absolute Gasteiger partial charge is 0.126 e. The van der Waals surface area contributed by atoms with Gasteiger partial charge in [0.2, 0.25) is 0 Å². The van der Waals surface area contributed by atoms with Crippen LogP contribution in [0.2, 0.25) is 10.0 Å². The van der Waals surface area contributed by atoms with Gasteiger partial charge in [0, 0.05) is 0 Å². The van der Waals surface area contributed by atoms with E-state index in [1.54, 1.807) is 18.2 Å². The number of benzene rings is 1. The molecule has 0 fully saturated rings. The Hall–Kier alpha value is -0.990. The molecule has 2 N–H and O–H groups in total. The molecule has 2 nitrogen and oxygen atoms in total. The summed E-state index contributed by atoms with van der Waals surface area (Å²) in [4.78, 5) is 4.21. The second-order valence-electron chi connectivity index (χ2n) is 3.07. The number of hydrogen-bond acceptors (Lipinski definition) is 1. The summed E-state index contributed by atoms with van der Waals surface area (Å²) in [6, 6.07) is 5.14. The molecule has 4 heteroatoms. The van der Waals surface area contributed by atoms with Crippen LogP contribution in [0.3, 0.4) is 0 Å². The van der Waals surface area contributed by atoms with Crippen molar-refractivity contribution in [3.63, 3.8) is 0 Å². The molecule has 0 aliphatic heterocycles. The van der Waals surface area contributed by atoms with Gasteiger partial charge in [0.1, 0.15) is 5.84 Å². The lowest BCUT2D eigenvalue weighted by molar-refractivity contribution is 1.41. The van der Waals surface area contributed by atoms with Crippen molar-refractivity contribution in [1.29, 1.82) is 0 Å². The Labute approximate surface area is 99.4 Å². The monoisotopic (exact) mass is 242 g/mol. The molecule has 0 radical (unpaired) electrons. The molecule has 0 aliphatic carbocycles. The molecule has 1 aromatic rings. The van der Waals surface area contributed by atoms with E-state index in [9.17, 15) is 0 Å². The van der Waals surface area contributed by atoms with E-state index in [1.807, 2.05) is 19.9 Å². The highest BCUT2D eigenvalue weighted by atomic mass is 35.5. The van der Waals surface area contributed by atoms with Gasteiger partial charge in [-0.3, -0.25) is 0 Å².